The van der Waals surface area contributed by atoms with E-state index in [9.17, 15) is 4.79 Å². The van der Waals surface area contributed by atoms with Crippen molar-refractivity contribution in [1.82, 2.24) is 5.32 Å². The average Bonchev–Trinajstić information content (AvgIpc) is 2.37. The molecule has 5 nitrogen and oxygen atoms in total. The largest absolute Gasteiger partial charge is 0.483 e. The first-order valence-corrected chi connectivity index (χ1v) is 6.63. The molecule has 0 aliphatic heterocycles. The Morgan fingerprint density at radius 1 is 1.58 bits per heavy atom. The van der Waals surface area contributed by atoms with Crippen LogP contribution in [0, 0.1) is 18.3 Å². The number of nitriles is 1. The van der Waals surface area contributed by atoms with Crippen LogP contribution < -0.4 is 15.8 Å². The summed E-state index contributed by atoms with van der Waals surface area (Å²) in [5.74, 6) is 0.390. The summed E-state index contributed by atoms with van der Waals surface area (Å²) in [4.78, 5) is 11.5. The minimum absolute atomic E-state index is 0.0824. The van der Waals surface area contributed by atoms with Crippen LogP contribution in [0.3, 0.4) is 0 Å². The van der Waals surface area contributed by atoms with Crippen LogP contribution in [0.5, 0.6) is 5.75 Å². The molecule has 0 atom stereocenters. The third-order valence-electron chi connectivity index (χ3n) is 2.44. The maximum atomic E-state index is 11.5. The number of ether oxygens (including phenoxy) is 1. The Hall–Kier alpha value is -1.58. The van der Waals surface area contributed by atoms with Crippen molar-refractivity contribution in [3.8, 4) is 11.8 Å². The highest BCUT2D eigenvalue weighted by Crippen LogP contribution is 2.27. The highest BCUT2D eigenvalue weighted by molar-refractivity contribution is 9.10. The number of hydrogen-bond donors (Lipinski definition) is 2. The van der Waals surface area contributed by atoms with E-state index in [4.69, 9.17) is 15.7 Å². The number of nitrogens with two attached hydrogens (primary N) is 1. The van der Waals surface area contributed by atoms with Gasteiger partial charge in [-0.25, -0.2) is 0 Å². The molecule has 0 spiro atoms. The summed E-state index contributed by atoms with van der Waals surface area (Å²) < 4.78 is 6.44. The highest BCUT2D eigenvalue weighted by Gasteiger charge is 2.10. The van der Waals surface area contributed by atoms with Crippen LogP contribution in [0.2, 0.25) is 0 Å². The van der Waals surface area contributed by atoms with Gasteiger partial charge in [0.15, 0.2) is 6.61 Å². The molecule has 0 heterocycles. The molecule has 0 bridgehead atoms. The van der Waals surface area contributed by atoms with E-state index in [0.717, 1.165) is 15.6 Å². The van der Waals surface area contributed by atoms with Crippen molar-refractivity contribution in [2.24, 2.45) is 5.73 Å². The lowest BCUT2D eigenvalue weighted by atomic mass is 10.1. The van der Waals surface area contributed by atoms with Crippen molar-refractivity contribution in [1.29, 1.82) is 5.26 Å². The molecule has 19 heavy (non-hydrogen) atoms. The Kier molecular flexibility index (Phi) is 6.33. The second-order valence-corrected chi connectivity index (χ2v) is 4.88. The fourth-order valence-corrected chi connectivity index (χ4v) is 2.22. The number of hydrogen-bond acceptors (Lipinski definition) is 4. The lowest BCUT2D eigenvalue weighted by Gasteiger charge is -2.13. The second kappa shape index (κ2) is 7.77. The van der Waals surface area contributed by atoms with Crippen molar-refractivity contribution < 1.29 is 9.53 Å². The van der Waals surface area contributed by atoms with Crippen molar-refractivity contribution >= 4 is 21.8 Å². The molecule has 0 unspecified atom stereocenters. The van der Waals surface area contributed by atoms with Gasteiger partial charge in [-0.1, -0.05) is 15.9 Å². The fraction of sp³-hybridized carbons (Fsp3) is 0.385. The summed E-state index contributed by atoms with van der Waals surface area (Å²) >= 11 is 3.39. The predicted octanol–water partition coefficient (Wildman–Crippen LogP) is 1.62. The van der Waals surface area contributed by atoms with Gasteiger partial charge < -0.3 is 15.8 Å². The van der Waals surface area contributed by atoms with E-state index >= 15 is 0 Å². The molecule has 1 aromatic rings. The lowest BCUT2D eigenvalue weighted by molar-refractivity contribution is -0.123. The molecule has 3 N–H and O–H groups in total. The van der Waals surface area contributed by atoms with Gasteiger partial charge in [-0.3, -0.25) is 4.79 Å². The zero-order valence-electron chi connectivity index (χ0n) is 10.7. The summed E-state index contributed by atoms with van der Waals surface area (Å²) in [5, 5.41) is 11.0. The standard InChI is InChI=1S/C13H16BrN3O2/c1-9-5-11(14)6-10(7-16)13(9)19-8-12(18)17-4-2-3-15/h5-6H,2,4,7-8,16H2,1H3,(H,17,18). The molecule has 1 aromatic carbocycles. The maximum Gasteiger partial charge on any atom is 0.257 e. The van der Waals surface area contributed by atoms with Gasteiger partial charge in [-0.2, -0.15) is 5.26 Å². The van der Waals surface area contributed by atoms with Crippen molar-refractivity contribution in [2.45, 2.75) is 19.9 Å². The van der Waals surface area contributed by atoms with Crippen LogP contribution in [-0.4, -0.2) is 19.1 Å². The molecule has 0 aliphatic carbocycles. The first-order valence-electron chi connectivity index (χ1n) is 5.84. The molecule has 102 valence electrons. The van der Waals surface area contributed by atoms with Gasteiger partial charge in [0.05, 0.1) is 12.5 Å². The van der Waals surface area contributed by atoms with E-state index < -0.39 is 0 Å². The van der Waals surface area contributed by atoms with Crippen LogP contribution in [0.4, 0.5) is 0 Å². The molecule has 0 aliphatic rings. The molecular weight excluding hydrogens is 310 g/mol. The van der Waals surface area contributed by atoms with E-state index in [1.54, 1.807) is 0 Å². The van der Waals surface area contributed by atoms with Gasteiger partial charge in [-0.15, -0.1) is 0 Å². The summed E-state index contributed by atoms with van der Waals surface area (Å²) in [7, 11) is 0. The Balaban J connectivity index is 2.62. The summed E-state index contributed by atoms with van der Waals surface area (Å²) in [6, 6.07) is 5.73. The number of amides is 1. The minimum atomic E-state index is -0.249. The first kappa shape index (κ1) is 15.5. The number of nitrogens with zero attached hydrogens (tertiary/aromatic N) is 1. The summed E-state index contributed by atoms with van der Waals surface area (Å²) in [6.45, 7) is 2.49. The highest BCUT2D eigenvalue weighted by atomic mass is 79.9. The maximum absolute atomic E-state index is 11.5. The van der Waals surface area contributed by atoms with E-state index in [-0.39, 0.29) is 18.9 Å². The number of halogens is 1. The van der Waals surface area contributed by atoms with Crippen molar-refractivity contribution in [3.05, 3.63) is 27.7 Å². The third kappa shape index (κ3) is 4.89. The lowest BCUT2D eigenvalue weighted by Crippen LogP contribution is -2.29. The van der Waals surface area contributed by atoms with Gasteiger partial charge >= 0.3 is 0 Å². The zero-order valence-corrected chi connectivity index (χ0v) is 12.3. The van der Waals surface area contributed by atoms with E-state index in [1.807, 2.05) is 25.1 Å². The van der Waals surface area contributed by atoms with Gasteiger partial charge in [0, 0.05) is 23.1 Å². The van der Waals surface area contributed by atoms with Gasteiger partial charge in [0.2, 0.25) is 0 Å². The number of carbonyl (C=O) groups excluding carboxylic acids is 1. The Morgan fingerprint density at radius 3 is 2.95 bits per heavy atom. The fourth-order valence-electron chi connectivity index (χ4n) is 1.60. The minimum Gasteiger partial charge on any atom is -0.483 e. The van der Waals surface area contributed by atoms with Crippen molar-refractivity contribution in [2.75, 3.05) is 13.2 Å². The Labute approximate surface area is 120 Å². The zero-order chi connectivity index (χ0) is 14.3. The Bertz CT molecular complexity index is 497. The van der Waals surface area contributed by atoms with E-state index in [1.165, 1.54) is 0 Å². The molecular formula is C13H16BrN3O2. The van der Waals surface area contributed by atoms with Crippen LogP contribution in [0.1, 0.15) is 17.5 Å². The van der Waals surface area contributed by atoms with E-state index in [0.29, 0.717) is 18.8 Å². The number of nitrogens with one attached hydrogen (secondary N) is 1. The first-order chi connectivity index (χ1) is 9.08. The van der Waals surface area contributed by atoms with Gasteiger partial charge in [-0.05, 0) is 24.6 Å². The number of carbonyl (C=O) groups is 1. The predicted molar refractivity (Wildman–Crippen MR) is 75.5 cm³/mol. The third-order valence-corrected chi connectivity index (χ3v) is 2.90. The quantitative estimate of drug-likeness (QED) is 0.778. The van der Waals surface area contributed by atoms with Crippen LogP contribution >= 0.6 is 15.9 Å². The summed E-state index contributed by atoms with van der Waals surface area (Å²) in [6.07, 6.45) is 0.289. The molecule has 0 saturated carbocycles. The van der Waals surface area contributed by atoms with Gasteiger partial charge in [0.1, 0.15) is 5.75 Å². The van der Waals surface area contributed by atoms with Crippen LogP contribution in [0.15, 0.2) is 16.6 Å². The summed E-state index contributed by atoms with van der Waals surface area (Å²) in [5.41, 5.74) is 7.42. The number of benzene rings is 1. The van der Waals surface area contributed by atoms with Crippen molar-refractivity contribution in [3.63, 3.8) is 0 Å². The normalized spacial score (nSPS) is 9.79. The molecule has 1 amide bonds. The monoisotopic (exact) mass is 325 g/mol. The second-order valence-electron chi connectivity index (χ2n) is 3.96. The Morgan fingerprint density at radius 2 is 2.32 bits per heavy atom. The molecule has 0 saturated heterocycles. The smallest absolute Gasteiger partial charge is 0.257 e. The van der Waals surface area contributed by atoms with Gasteiger partial charge in [0.25, 0.3) is 5.91 Å². The molecule has 0 radical (unpaired) electrons. The molecule has 1 rings (SSSR count). The SMILES string of the molecule is Cc1cc(Br)cc(CN)c1OCC(=O)NCCC#N. The molecule has 6 heteroatoms. The molecule has 0 fully saturated rings. The van der Waals surface area contributed by atoms with Crippen LogP contribution in [0.25, 0.3) is 0 Å². The topological polar surface area (TPSA) is 88.1 Å². The van der Waals surface area contributed by atoms with Crippen LogP contribution in [-0.2, 0) is 11.3 Å². The molecule has 0 aromatic heterocycles. The number of rotatable bonds is 6. The number of aryl methyl sites for hydroxylation is 1. The van der Waals surface area contributed by atoms with E-state index in [2.05, 4.69) is 21.2 Å². The average molecular weight is 326 g/mol.